The molecule has 0 saturated carbocycles. The van der Waals surface area contributed by atoms with E-state index < -0.39 is 17.3 Å². The third-order valence-electron chi connectivity index (χ3n) is 4.10. The minimum absolute atomic E-state index is 0.0835. The molecule has 0 atom stereocenters. The van der Waals surface area contributed by atoms with Crippen molar-refractivity contribution in [3.63, 3.8) is 0 Å². The van der Waals surface area contributed by atoms with Crippen LogP contribution in [0.2, 0.25) is 0 Å². The second kappa shape index (κ2) is 7.49. The van der Waals surface area contributed by atoms with Gasteiger partial charge in [0.2, 0.25) is 0 Å². The molecule has 0 spiro atoms. The summed E-state index contributed by atoms with van der Waals surface area (Å²) in [5, 5.41) is 2.40. The van der Waals surface area contributed by atoms with Crippen molar-refractivity contribution in [2.24, 2.45) is 7.05 Å². The van der Waals surface area contributed by atoms with E-state index in [-0.39, 0.29) is 22.7 Å². The van der Waals surface area contributed by atoms with Crippen molar-refractivity contribution in [3.8, 4) is 0 Å². The predicted molar refractivity (Wildman–Crippen MR) is 92.8 cm³/mol. The number of rotatable bonds is 3. The van der Waals surface area contributed by atoms with E-state index in [2.05, 4.69) is 5.32 Å². The van der Waals surface area contributed by atoms with Crippen LogP contribution >= 0.6 is 0 Å². The number of nitrogens with one attached hydrogen (secondary N) is 1. The minimum atomic E-state index is -0.754. The monoisotopic (exact) mass is 359 g/mol. The zero-order valence-corrected chi connectivity index (χ0v) is 14.2. The molecule has 1 aliphatic heterocycles. The van der Waals surface area contributed by atoms with Crippen molar-refractivity contribution in [1.29, 1.82) is 0 Å². The van der Waals surface area contributed by atoms with Crippen LogP contribution in [0, 0.1) is 5.82 Å². The standard InChI is InChI=1S/C18H18FN3O4/c1-21-11-12(17(24)22-6-8-26-9-7-22)10-15(18(21)25)20-16(23)13-4-2-3-5-14(13)19/h2-5,10-11H,6-9H2,1H3,(H,20,23). The molecule has 2 amide bonds. The van der Waals surface area contributed by atoms with Crippen molar-refractivity contribution in [3.05, 3.63) is 63.8 Å². The van der Waals surface area contributed by atoms with Crippen LogP contribution in [-0.4, -0.2) is 47.6 Å². The van der Waals surface area contributed by atoms with E-state index in [1.165, 1.54) is 42.1 Å². The average molecular weight is 359 g/mol. The second-order valence-electron chi connectivity index (χ2n) is 5.90. The summed E-state index contributed by atoms with van der Waals surface area (Å²) in [6, 6.07) is 6.78. The lowest BCUT2D eigenvalue weighted by atomic mass is 10.2. The van der Waals surface area contributed by atoms with E-state index in [1.807, 2.05) is 0 Å². The number of ether oxygens (including phenoxy) is 1. The SMILES string of the molecule is Cn1cc(C(=O)N2CCOCC2)cc(NC(=O)c2ccccc2F)c1=O. The van der Waals surface area contributed by atoms with Crippen LogP contribution in [0.4, 0.5) is 10.1 Å². The molecule has 7 nitrogen and oxygen atoms in total. The number of anilines is 1. The normalized spacial score (nSPS) is 14.2. The van der Waals surface area contributed by atoms with Crippen molar-refractivity contribution < 1.29 is 18.7 Å². The first-order valence-electron chi connectivity index (χ1n) is 8.11. The molecular weight excluding hydrogens is 341 g/mol. The predicted octanol–water partition coefficient (Wildman–Crippen LogP) is 1.25. The first-order valence-corrected chi connectivity index (χ1v) is 8.11. The number of pyridine rings is 1. The van der Waals surface area contributed by atoms with Gasteiger partial charge in [-0.2, -0.15) is 0 Å². The number of hydrogen-bond donors (Lipinski definition) is 1. The molecule has 8 heteroatoms. The molecular formula is C18H18FN3O4. The van der Waals surface area contributed by atoms with Crippen LogP contribution in [0.3, 0.4) is 0 Å². The Labute approximate surface area is 149 Å². The van der Waals surface area contributed by atoms with Gasteiger partial charge in [0.1, 0.15) is 11.5 Å². The third kappa shape index (κ3) is 3.65. The van der Waals surface area contributed by atoms with Crippen LogP contribution in [0.5, 0.6) is 0 Å². The molecule has 3 rings (SSSR count). The molecule has 0 aliphatic carbocycles. The molecule has 1 aromatic heterocycles. The van der Waals surface area contributed by atoms with Crippen LogP contribution in [-0.2, 0) is 11.8 Å². The average Bonchev–Trinajstić information content (AvgIpc) is 2.65. The Bertz CT molecular complexity index is 904. The molecule has 0 radical (unpaired) electrons. The Hall–Kier alpha value is -3.00. The molecule has 1 N–H and O–H groups in total. The van der Waals surface area contributed by atoms with E-state index in [0.29, 0.717) is 26.3 Å². The highest BCUT2D eigenvalue weighted by Gasteiger charge is 2.21. The molecule has 1 aromatic carbocycles. The summed E-state index contributed by atoms with van der Waals surface area (Å²) in [5.41, 5.74) is -0.495. The first kappa shape index (κ1) is 17.8. The Morgan fingerprint density at radius 1 is 1.19 bits per heavy atom. The van der Waals surface area contributed by atoms with Crippen molar-refractivity contribution in [2.75, 3.05) is 31.6 Å². The fourth-order valence-corrected chi connectivity index (χ4v) is 2.70. The zero-order valence-electron chi connectivity index (χ0n) is 14.2. The molecule has 136 valence electrons. The summed E-state index contributed by atoms with van der Waals surface area (Å²) in [7, 11) is 1.48. The number of amides is 2. The Morgan fingerprint density at radius 3 is 2.58 bits per heavy atom. The van der Waals surface area contributed by atoms with Gasteiger partial charge in [-0.25, -0.2) is 4.39 Å². The number of aromatic nitrogens is 1. The summed E-state index contributed by atoms with van der Waals surface area (Å²) in [4.78, 5) is 38.8. The zero-order chi connectivity index (χ0) is 18.7. The van der Waals surface area contributed by atoms with Crippen molar-refractivity contribution in [2.45, 2.75) is 0 Å². The number of carbonyl (C=O) groups excluding carboxylic acids is 2. The van der Waals surface area contributed by atoms with E-state index in [1.54, 1.807) is 4.90 Å². The van der Waals surface area contributed by atoms with Crippen LogP contribution < -0.4 is 10.9 Å². The molecule has 2 heterocycles. The summed E-state index contributed by atoms with van der Waals surface area (Å²) >= 11 is 0. The molecule has 1 saturated heterocycles. The summed E-state index contributed by atoms with van der Waals surface area (Å²) in [5.74, 6) is -1.70. The lowest BCUT2D eigenvalue weighted by molar-refractivity contribution is 0.0302. The van der Waals surface area contributed by atoms with Gasteiger partial charge in [-0.1, -0.05) is 12.1 Å². The first-order chi connectivity index (χ1) is 12.5. The summed E-state index contributed by atoms with van der Waals surface area (Å²) < 4.78 is 20.2. The van der Waals surface area contributed by atoms with Crippen LogP contribution in [0.1, 0.15) is 20.7 Å². The number of morpholine rings is 1. The summed E-state index contributed by atoms with van der Waals surface area (Å²) in [6.07, 6.45) is 1.42. The number of benzene rings is 1. The van der Waals surface area contributed by atoms with Crippen LogP contribution in [0.25, 0.3) is 0 Å². The molecule has 1 aliphatic rings. The van der Waals surface area contributed by atoms with Crippen molar-refractivity contribution >= 4 is 17.5 Å². The molecule has 2 aromatic rings. The number of hydrogen-bond acceptors (Lipinski definition) is 4. The fourth-order valence-electron chi connectivity index (χ4n) is 2.70. The highest BCUT2D eigenvalue weighted by molar-refractivity contribution is 6.05. The van der Waals surface area contributed by atoms with Gasteiger partial charge in [-0.05, 0) is 18.2 Å². The van der Waals surface area contributed by atoms with Gasteiger partial charge < -0.3 is 19.5 Å². The molecule has 0 bridgehead atoms. The smallest absolute Gasteiger partial charge is 0.274 e. The van der Waals surface area contributed by atoms with E-state index in [4.69, 9.17) is 4.74 Å². The maximum Gasteiger partial charge on any atom is 0.274 e. The molecule has 0 unspecified atom stereocenters. The number of carbonyl (C=O) groups is 2. The van der Waals surface area contributed by atoms with Crippen LogP contribution in [0.15, 0.2) is 41.3 Å². The van der Waals surface area contributed by atoms with Crippen molar-refractivity contribution in [1.82, 2.24) is 9.47 Å². The largest absolute Gasteiger partial charge is 0.378 e. The highest BCUT2D eigenvalue weighted by Crippen LogP contribution is 2.13. The Balaban J connectivity index is 1.89. The lowest BCUT2D eigenvalue weighted by Gasteiger charge is -2.27. The highest BCUT2D eigenvalue weighted by atomic mass is 19.1. The molecule has 26 heavy (non-hydrogen) atoms. The van der Waals surface area contributed by atoms with Gasteiger partial charge in [0.15, 0.2) is 0 Å². The third-order valence-corrected chi connectivity index (χ3v) is 4.10. The van der Waals surface area contributed by atoms with Gasteiger partial charge >= 0.3 is 0 Å². The van der Waals surface area contributed by atoms with E-state index in [9.17, 15) is 18.8 Å². The molecule has 1 fully saturated rings. The number of nitrogens with zero attached hydrogens (tertiary/aromatic N) is 2. The Morgan fingerprint density at radius 2 is 1.88 bits per heavy atom. The topological polar surface area (TPSA) is 80.6 Å². The van der Waals surface area contributed by atoms with Gasteiger partial charge in [0.05, 0.1) is 24.3 Å². The fraction of sp³-hybridized carbons (Fsp3) is 0.278. The number of halogens is 1. The van der Waals surface area contributed by atoms with Gasteiger partial charge in [-0.3, -0.25) is 14.4 Å². The second-order valence-corrected chi connectivity index (χ2v) is 5.90. The van der Waals surface area contributed by atoms with Gasteiger partial charge in [-0.15, -0.1) is 0 Å². The van der Waals surface area contributed by atoms with E-state index >= 15 is 0 Å². The summed E-state index contributed by atoms with van der Waals surface area (Å²) in [6.45, 7) is 1.82. The van der Waals surface area contributed by atoms with E-state index in [0.717, 1.165) is 6.07 Å². The number of aryl methyl sites for hydroxylation is 1. The lowest BCUT2D eigenvalue weighted by Crippen LogP contribution is -2.41. The van der Waals surface area contributed by atoms with Gasteiger partial charge in [0, 0.05) is 26.3 Å². The minimum Gasteiger partial charge on any atom is -0.378 e. The van der Waals surface area contributed by atoms with Gasteiger partial charge in [0.25, 0.3) is 17.4 Å². The maximum absolute atomic E-state index is 13.8. The maximum atomic E-state index is 13.8. The Kier molecular flexibility index (Phi) is 5.13. The quantitative estimate of drug-likeness (QED) is 0.894.